The normalized spacial score (nSPS) is 12.5. The second-order valence-corrected chi connectivity index (χ2v) is 6.03. The third-order valence-electron chi connectivity index (χ3n) is 2.80. The summed E-state index contributed by atoms with van der Waals surface area (Å²) in [6.45, 7) is 3.96. The number of benzene rings is 2. The number of hydrogen-bond acceptors (Lipinski definition) is 1. The zero-order chi connectivity index (χ0) is 14.7. The molecule has 0 radical (unpaired) electrons. The average Bonchev–Trinajstić information content (AvgIpc) is 2.41. The van der Waals surface area contributed by atoms with Crippen LogP contribution >= 0.6 is 27.5 Å². The van der Waals surface area contributed by atoms with Gasteiger partial charge in [-0.15, -0.1) is 0 Å². The van der Waals surface area contributed by atoms with E-state index in [0.717, 1.165) is 11.3 Å². The zero-order valence-electron chi connectivity index (χ0n) is 11.2. The van der Waals surface area contributed by atoms with Crippen molar-refractivity contribution in [3.05, 3.63) is 64.4 Å². The van der Waals surface area contributed by atoms with E-state index >= 15 is 0 Å². The van der Waals surface area contributed by atoms with Gasteiger partial charge >= 0.3 is 0 Å². The molecule has 0 N–H and O–H groups in total. The second kappa shape index (κ2) is 6.59. The van der Waals surface area contributed by atoms with E-state index in [1.54, 1.807) is 6.07 Å². The lowest BCUT2D eigenvalue weighted by atomic mass is 10.0. The monoisotopic (exact) mass is 356 g/mol. The predicted octanol–water partition coefficient (Wildman–Crippen LogP) is 5.75. The van der Waals surface area contributed by atoms with Crippen LogP contribution in [-0.2, 0) is 0 Å². The van der Waals surface area contributed by atoms with Crippen LogP contribution in [0.2, 0.25) is 5.02 Å². The molecule has 0 spiro atoms. The molecule has 0 heterocycles. The maximum Gasteiger partial charge on any atom is 0.142 e. The lowest BCUT2D eigenvalue weighted by molar-refractivity contribution is 0.242. The van der Waals surface area contributed by atoms with Gasteiger partial charge in [-0.05, 0) is 43.2 Å². The molecule has 0 saturated carbocycles. The molecule has 0 aliphatic heterocycles. The Hall–Kier alpha value is -1.06. The maximum absolute atomic E-state index is 13.5. The fourth-order valence-electron chi connectivity index (χ4n) is 1.88. The smallest absolute Gasteiger partial charge is 0.142 e. The Labute approximate surface area is 131 Å². The summed E-state index contributed by atoms with van der Waals surface area (Å²) in [5.41, 5.74) is 1.71. The van der Waals surface area contributed by atoms with Crippen molar-refractivity contribution >= 4 is 27.5 Å². The largest absolute Gasteiger partial charge is 0.491 e. The summed E-state index contributed by atoms with van der Waals surface area (Å²) in [6.07, 6.45) is 0.137. The molecule has 0 bridgehead atoms. The highest BCUT2D eigenvalue weighted by Crippen LogP contribution is 2.36. The first-order chi connectivity index (χ1) is 9.49. The molecule has 0 aliphatic rings. The quantitative estimate of drug-likeness (QED) is 0.633. The van der Waals surface area contributed by atoms with Crippen LogP contribution in [0.4, 0.5) is 4.39 Å². The average molecular weight is 358 g/mol. The summed E-state index contributed by atoms with van der Waals surface area (Å²) in [6, 6.07) is 12.5. The Morgan fingerprint density at radius 3 is 2.35 bits per heavy atom. The fraction of sp³-hybridized carbons (Fsp3) is 0.250. The van der Waals surface area contributed by atoms with Crippen molar-refractivity contribution in [1.82, 2.24) is 0 Å². The van der Waals surface area contributed by atoms with Crippen LogP contribution in [0.25, 0.3) is 0 Å². The van der Waals surface area contributed by atoms with E-state index < -0.39 is 5.82 Å². The van der Waals surface area contributed by atoms with Gasteiger partial charge in [-0.25, -0.2) is 4.39 Å². The van der Waals surface area contributed by atoms with Gasteiger partial charge < -0.3 is 4.74 Å². The molecule has 2 rings (SSSR count). The van der Waals surface area contributed by atoms with Gasteiger partial charge in [0.05, 0.1) is 16.0 Å². The van der Waals surface area contributed by atoms with Crippen molar-refractivity contribution in [2.45, 2.75) is 24.8 Å². The van der Waals surface area contributed by atoms with Gasteiger partial charge in [0.2, 0.25) is 0 Å². The first-order valence-electron chi connectivity index (χ1n) is 6.33. The molecule has 1 unspecified atom stereocenters. The van der Waals surface area contributed by atoms with Crippen LogP contribution in [0.5, 0.6) is 5.75 Å². The number of ether oxygens (including phenoxy) is 1. The van der Waals surface area contributed by atoms with E-state index in [-0.39, 0.29) is 16.0 Å². The van der Waals surface area contributed by atoms with Crippen molar-refractivity contribution in [2.24, 2.45) is 0 Å². The Morgan fingerprint density at radius 2 is 1.75 bits per heavy atom. The zero-order valence-corrected chi connectivity index (χ0v) is 13.6. The summed E-state index contributed by atoms with van der Waals surface area (Å²) < 4.78 is 19.1. The van der Waals surface area contributed by atoms with Gasteiger partial charge in [0.15, 0.2) is 0 Å². The molecule has 0 aliphatic carbocycles. The van der Waals surface area contributed by atoms with Crippen molar-refractivity contribution in [2.75, 3.05) is 0 Å². The third-order valence-corrected chi connectivity index (χ3v) is 4.22. The molecule has 4 heteroatoms. The highest BCUT2D eigenvalue weighted by atomic mass is 79.9. The van der Waals surface area contributed by atoms with Crippen LogP contribution in [0.3, 0.4) is 0 Å². The van der Waals surface area contributed by atoms with Gasteiger partial charge in [0.25, 0.3) is 0 Å². The summed E-state index contributed by atoms with van der Waals surface area (Å²) in [5.74, 6) is 0.405. The number of hydrogen-bond donors (Lipinski definition) is 0. The van der Waals surface area contributed by atoms with Crippen LogP contribution in [0.1, 0.15) is 29.8 Å². The van der Waals surface area contributed by atoms with Crippen molar-refractivity contribution in [3.63, 3.8) is 0 Å². The predicted molar refractivity (Wildman–Crippen MR) is 84.4 cm³/mol. The van der Waals surface area contributed by atoms with Crippen LogP contribution in [0.15, 0.2) is 42.5 Å². The van der Waals surface area contributed by atoms with Crippen molar-refractivity contribution in [1.29, 1.82) is 0 Å². The van der Waals surface area contributed by atoms with E-state index in [1.807, 2.05) is 44.2 Å². The minimum atomic E-state index is -0.409. The second-order valence-electron chi connectivity index (χ2n) is 4.74. The Morgan fingerprint density at radius 1 is 1.10 bits per heavy atom. The van der Waals surface area contributed by atoms with E-state index in [2.05, 4.69) is 15.9 Å². The summed E-state index contributed by atoms with van der Waals surface area (Å²) in [4.78, 5) is -0.154. The molecule has 1 atom stereocenters. The number of halogens is 3. The molecule has 0 aromatic heterocycles. The van der Waals surface area contributed by atoms with Crippen molar-refractivity contribution < 1.29 is 9.13 Å². The molecular weight excluding hydrogens is 343 g/mol. The van der Waals surface area contributed by atoms with Crippen LogP contribution < -0.4 is 4.74 Å². The van der Waals surface area contributed by atoms with Gasteiger partial charge in [-0.3, -0.25) is 0 Å². The molecular formula is C16H15BrClFO. The van der Waals surface area contributed by atoms with E-state index in [4.69, 9.17) is 16.3 Å². The molecule has 106 valence electrons. The SMILES string of the molecule is CC(C)Oc1ccc(C(Br)c2cccc(F)c2Cl)cc1. The maximum atomic E-state index is 13.5. The molecule has 1 nitrogen and oxygen atoms in total. The van der Waals surface area contributed by atoms with Gasteiger partial charge in [-0.1, -0.05) is 51.8 Å². The van der Waals surface area contributed by atoms with Gasteiger partial charge in [0.1, 0.15) is 11.6 Å². The van der Waals surface area contributed by atoms with E-state index in [9.17, 15) is 4.39 Å². The summed E-state index contributed by atoms with van der Waals surface area (Å²) in [7, 11) is 0. The van der Waals surface area contributed by atoms with E-state index in [0.29, 0.717) is 5.56 Å². The fourth-order valence-corrected chi connectivity index (χ4v) is 2.94. The van der Waals surface area contributed by atoms with Gasteiger partial charge in [0, 0.05) is 0 Å². The van der Waals surface area contributed by atoms with Gasteiger partial charge in [-0.2, -0.15) is 0 Å². The highest BCUT2D eigenvalue weighted by Gasteiger charge is 2.16. The lowest BCUT2D eigenvalue weighted by Crippen LogP contribution is -2.05. The van der Waals surface area contributed by atoms with Crippen molar-refractivity contribution in [3.8, 4) is 5.75 Å². The van der Waals surface area contributed by atoms with E-state index in [1.165, 1.54) is 6.07 Å². The standard InChI is InChI=1S/C16H15BrClFO/c1-10(2)20-12-8-6-11(7-9-12)15(17)13-4-3-5-14(19)16(13)18/h3-10,15H,1-2H3. The van der Waals surface area contributed by atoms with Crippen LogP contribution in [0, 0.1) is 5.82 Å². The first-order valence-corrected chi connectivity index (χ1v) is 7.63. The molecule has 2 aromatic carbocycles. The number of alkyl halides is 1. The lowest BCUT2D eigenvalue weighted by Gasteiger charge is -2.14. The molecule has 0 fully saturated rings. The first kappa shape index (κ1) is 15.3. The minimum absolute atomic E-state index is 0.137. The molecule has 20 heavy (non-hydrogen) atoms. The third kappa shape index (κ3) is 3.53. The molecule has 2 aromatic rings. The Balaban J connectivity index is 2.25. The Kier molecular flexibility index (Phi) is 5.06. The topological polar surface area (TPSA) is 9.23 Å². The van der Waals surface area contributed by atoms with Crippen LogP contribution in [-0.4, -0.2) is 6.10 Å². The Bertz CT molecular complexity index is 584. The highest BCUT2D eigenvalue weighted by molar-refractivity contribution is 9.09. The summed E-state index contributed by atoms with van der Waals surface area (Å²) in [5, 5.41) is 0.150. The summed E-state index contributed by atoms with van der Waals surface area (Å²) >= 11 is 9.57. The minimum Gasteiger partial charge on any atom is -0.491 e. The molecule has 0 amide bonds. The molecule has 0 saturated heterocycles. The number of rotatable bonds is 4.